The number of aliphatic carboxylic acids is 1. The zero-order chi connectivity index (χ0) is 13.7. The molecule has 0 saturated carbocycles. The van der Waals surface area contributed by atoms with Gasteiger partial charge in [0.1, 0.15) is 5.82 Å². The highest BCUT2D eigenvalue weighted by atomic mass is 32.2. The Morgan fingerprint density at radius 1 is 1.56 bits per heavy atom. The zero-order valence-electron chi connectivity index (χ0n) is 9.72. The average molecular weight is 269 g/mol. The number of carboxylic acids is 1. The van der Waals surface area contributed by atoms with Gasteiger partial charge in [-0.3, -0.25) is 9.00 Å². The zero-order valence-corrected chi connectivity index (χ0v) is 10.5. The Hall–Kier alpha value is -1.74. The van der Waals surface area contributed by atoms with Gasteiger partial charge in [0.05, 0.1) is 18.1 Å². The van der Waals surface area contributed by atoms with Gasteiger partial charge in [0.15, 0.2) is 0 Å². The number of rotatable bonds is 5. The van der Waals surface area contributed by atoms with Gasteiger partial charge in [-0.15, -0.1) is 0 Å². The van der Waals surface area contributed by atoms with Crippen LogP contribution in [0.25, 0.3) is 0 Å². The molecule has 0 aliphatic carbocycles. The molecule has 1 aromatic carbocycles. The van der Waals surface area contributed by atoms with Gasteiger partial charge in [-0.2, -0.15) is 5.26 Å². The summed E-state index contributed by atoms with van der Waals surface area (Å²) in [5.41, 5.74) is 0.593. The van der Waals surface area contributed by atoms with Gasteiger partial charge in [0, 0.05) is 21.8 Å². The van der Waals surface area contributed by atoms with Crippen molar-refractivity contribution in [1.82, 2.24) is 0 Å². The molecule has 0 bridgehead atoms. The lowest BCUT2D eigenvalue weighted by atomic mass is 10.1. The van der Waals surface area contributed by atoms with E-state index in [2.05, 4.69) is 0 Å². The minimum Gasteiger partial charge on any atom is -0.481 e. The molecule has 2 unspecified atom stereocenters. The first-order chi connectivity index (χ1) is 8.42. The van der Waals surface area contributed by atoms with E-state index in [-0.39, 0.29) is 17.7 Å². The van der Waals surface area contributed by atoms with Crippen molar-refractivity contribution in [3.63, 3.8) is 0 Å². The van der Waals surface area contributed by atoms with Crippen molar-refractivity contribution in [3.8, 4) is 6.07 Å². The van der Waals surface area contributed by atoms with E-state index in [1.54, 1.807) is 6.92 Å². The first-order valence-corrected chi connectivity index (χ1v) is 6.59. The van der Waals surface area contributed by atoms with Gasteiger partial charge in [0.2, 0.25) is 0 Å². The maximum Gasteiger partial charge on any atom is 0.304 e. The van der Waals surface area contributed by atoms with E-state index in [0.717, 1.165) is 6.07 Å². The summed E-state index contributed by atoms with van der Waals surface area (Å²) in [5, 5.41) is 16.7. The lowest BCUT2D eigenvalue weighted by Gasteiger charge is -2.09. The summed E-state index contributed by atoms with van der Waals surface area (Å²) >= 11 is 0. The molecule has 2 atom stereocenters. The van der Waals surface area contributed by atoms with Crippen molar-refractivity contribution in [1.29, 1.82) is 5.26 Å². The van der Waals surface area contributed by atoms with Gasteiger partial charge >= 0.3 is 5.97 Å². The maximum atomic E-state index is 13.1. The van der Waals surface area contributed by atoms with Crippen molar-refractivity contribution in [2.24, 2.45) is 0 Å². The van der Waals surface area contributed by atoms with E-state index >= 15 is 0 Å². The Bertz CT molecular complexity index is 525. The first kappa shape index (κ1) is 14.3. The fraction of sp³-hybridized carbons (Fsp3) is 0.333. The van der Waals surface area contributed by atoms with Gasteiger partial charge < -0.3 is 5.11 Å². The number of carbonyl (C=O) groups is 1. The molecule has 0 saturated heterocycles. The number of halogens is 1. The lowest BCUT2D eigenvalue weighted by Crippen LogP contribution is -2.17. The summed E-state index contributed by atoms with van der Waals surface area (Å²) in [4.78, 5) is 10.5. The quantitative estimate of drug-likeness (QED) is 0.884. The number of carboxylic acid groups (broad SMARTS) is 1. The van der Waals surface area contributed by atoms with E-state index < -0.39 is 27.8 Å². The third-order valence-electron chi connectivity index (χ3n) is 2.31. The van der Waals surface area contributed by atoms with Crippen LogP contribution in [0.3, 0.4) is 0 Å². The molecule has 0 heterocycles. The van der Waals surface area contributed by atoms with Crippen molar-refractivity contribution in [3.05, 3.63) is 35.1 Å². The van der Waals surface area contributed by atoms with Crippen LogP contribution >= 0.6 is 0 Å². The summed E-state index contributed by atoms with van der Waals surface area (Å²) < 4.78 is 24.9. The molecule has 0 amide bonds. The van der Waals surface area contributed by atoms with Crippen LogP contribution in [0.5, 0.6) is 0 Å². The van der Waals surface area contributed by atoms with Crippen molar-refractivity contribution < 1.29 is 18.5 Å². The van der Waals surface area contributed by atoms with E-state index in [9.17, 15) is 13.4 Å². The molecule has 0 aliphatic heterocycles. The van der Waals surface area contributed by atoms with Crippen molar-refractivity contribution in [2.75, 3.05) is 0 Å². The molecule has 4 nitrogen and oxygen atoms in total. The van der Waals surface area contributed by atoms with Crippen LogP contribution in [-0.2, 0) is 21.3 Å². The third kappa shape index (κ3) is 4.26. The van der Waals surface area contributed by atoms with Crippen LogP contribution in [-0.4, -0.2) is 20.5 Å². The molecular weight excluding hydrogens is 257 g/mol. The van der Waals surface area contributed by atoms with Crippen LogP contribution in [0.1, 0.15) is 24.5 Å². The SMILES string of the molecule is CC(CC(=O)O)S(=O)Cc1cc(F)cc(C#N)c1. The maximum absolute atomic E-state index is 13.1. The van der Waals surface area contributed by atoms with E-state index in [1.807, 2.05) is 6.07 Å². The van der Waals surface area contributed by atoms with Gasteiger partial charge in [-0.05, 0) is 23.8 Å². The molecule has 0 spiro atoms. The average Bonchev–Trinajstić information content (AvgIpc) is 2.27. The fourth-order valence-corrected chi connectivity index (χ4v) is 2.55. The van der Waals surface area contributed by atoms with Gasteiger partial charge in [-0.1, -0.05) is 6.92 Å². The highest BCUT2D eigenvalue weighted by molar-refractivity contribution is 7.84. The van der Waals surface area contributed by atoms with Crippen LogP contribution in [0, 0.1) is 17.1 Å². The Morgan fingerprint density at radius 3 is 2.78 bits per heavy atom. The molecule has 0 aliphatic rings. The van der Waals surface area contributed by atoms with Crippen LogP contribution < -0.4 is 0 Å². The van der Waals surface area contributed by atoms with E-state index in [1.165, 1.54) is 12.1 Å². The Morgan fingerprint density at radius 2 is 2.22 bits per heavy atom. The Labute approximate surface area is 107 Å². The molecule has 1 rings (SSSR count). The molecular formula is C12H12FNO3S. The summed E-state index contributed by atoms with van der Waals surface area (Å²) in [5.74, 6) is -1.54. The molecule has 1 aromatic rings. The summed E-state index contributed by atoms with van der Waals surface area (Å²) in [7, 11) is -1.41. The summed E-state index contributed by atoms with van der Waals surface area (Å²) in [6.07, 6.45) is -0.201. The molecule has 0 fully saturated rings. The molecule has 0 aromatic heterocycles. The van der Waals surface area contributed by atoms with Crippen LogP contribution in [0.2, 0.25) is 0 Å². The highest BCUT2D eigenvalue weighted by Gasteiger charge is 2.15. The second-order valence-electron chi connectivity index (χ2n) is 3.89. The largest absolute Gasteiger partial charge is 0.481 e. The number of nitrogens with zero attached hydrogens (tertiary/aromatic N) is 1. The highest BCUT2D eigenvalue weighted by Crippen LogP contribution is 2.13. The first-order valence-electron chi connectivity index (χ1n) is 5.21. The predicted octanol–water partition coefficient (Wildman–Crippen LogP) is 1.81. The van der Waals surface area contributed by atoms with Crippen molar-refractivity contribution in [2.45, 2.75) is 24.3 Å². The Balaban J connectivity index is 2.79. The second-order valence-corrected chi connectivity index (χ2v) is 5.75. The summed E-state index contributed by atoms with van der Waals surface area (Å²) in [6.45, 7) is 1.56. The predicted molar refractivity (Wildman–Crippen MR) is 64.7 cm³/mol. The number of nitriles is 1. The minimum atomic E-state index is -1.41. The normalized spacial score (nSPS) is 13.6. The van der Waals surface area contributed by atoms with Crippen molar-refractivity contribution >= 4 is 16.8 Å². The number of benzene rings is 1. The molecule has 96 valence electrons. The van der Waals surface area contributed by atoms with Crippen LogP contribution in [0.15, 0.2) is 18.2 Å². The van der Waals surface area contributed by atoms with E-state index in [4.69, 9.17) is 10.4 Å². The van der Waals surface area contributed by atoms with Gasteiger partial charge in [-0.25, -0.2) is 4.39 Å². The van der Waals surface area contributed by atoms with Crippen LogP contribution in [0.4, 0.5) is 4.39 Å². The Kier molecular flexibility index (Phi) is 4.98. The minimum absolute atomic E-state index is 0.0425. The summed E-state index contributed by atoms with van der Waals surface area (Å²) in [6, 6.07) is 5.55. The smallest absolute Gasteiger partial charge is 0.304 e. The van der Waals surface area contributed by atoms with Gasteiger partial charge in [0.25, 0.3) is 0 Å². The molecule has 6 heteroatoms. The second kappa shape index (κ2) is 6.26. The topological polar surface area (TPSA) is 78.2 Å². The number of hydrogen-bond acceptors (Lipinski definition) is 3. The molecule has 0 radical (unpaired) electrons. The monoisotopic (exact) mass is 269 g/mol. The lowest BCUT2D eigenvalue weighted by molar-refractivity contribution is -0.136. The standard InChI is InChI=1S/C12H12FNO3S/c1-8(2-12(15)16)18(17)7-10-3-9(6-14)4-11(13)5-10/h3-5,8H,2,7H2,1H3,(H,15,16). The fourth-order valence-electron chi connectivity index (χ4n) is 1.44. The third-order valence-corrected chi connectivity index (χ3v) is 3.99. The van der Waals surface area contributed by atoms with E-state index in [0.29, 0.717) is 5.56 Å². The number of hydrogen-bond donors (Lipinski definition) is 1. The molecule has 18 heavy (non-hydrogen) atoms. The molecule has 1 N–H and O–H groups in total.